The molecule has 0 heterocycles. The van der Waals surface area contributed by atoms with E-state index in [9.17, 15) is 9.59 Å². The molecule has 0 radical (unpaired) electrons. The van der Waals surface area contributed by atoms with Gasteiger partial charge in [-0.3, -0.25) is 4.79 Å². The molecule has 0 spiro atoms. The third kappa shape index (κ3) is 9.01. The quantitative estimate of drug-likeness (QED) is 0.569. The average Bonchev–Trinajstić information content (AvgIpc) is 2.14. The van der Waals surface area contributed by atoms with Crippen LogP contribution in [0.3, 0.4) is 0 Å². The van der Waals surface area contributed by atoms with E-state index in [1.807, 2.05) is 6.92 Å². The fraction of sp³-hybridized carbons (Fsp3) is 0.778. The number of aliphatic carboxylic acids is 1. The van der Waals surface area contributed by atoms with Crippen molar-refractivity contribution < 1.29 is 19.4 Å². The molecule has 0 aromatic rings. The maximum absolute atomic E-state index is 11.1. The first-order valence-electron chi connectivity index (χ1n) is 4.81. The highest BCUT2D eigenvalue weighted by Crippen LogP contribution is 1.90. The zero-order valence-electron chi connectivity index (χ0n) is 9.08. The third-order valence-corrected chi connectivity index (χ3v) is 1.76. The molecule has 0 fully saturated rings. The van der Waals surface area contributed by atoms with Crippen molar-refractivity contribution in [1.29, 1.82) is 0 Å². The van der Waals surface area contributed by atoms with Gasteiger partial charge in [-0.1, -0.05) is 0 Å². The van der Waals surface area contributed by atoms with Crippen LogP contribution in [0.15, 0.2) is 0 Å². The highest BCUT2D eigenvalue weighted by atomic mass is 16.5. The highest BCUT2D eigenvalue weighted by molar-refractivity contribution is 5.75. The summed E-state index contributed by atoms with van der Waals surface area (Å²) in [5, 5.41) is 13.5. The van der Waals surface area contributed by atoms with Crippen LogP contribution >= 0.6 is 0 Å². The molecule has 0 aromatic carbocycles. The molecule has 0 saturated carbocycles. The summed E-state index contributed by atoms with van der Waals surface area (Å²) in [6.45, 7) is 2.57. The van der Waals surface area contributed by atoms with E-state index >= 15 is 0 Å². The molecule has 0 rings (SSSR count). The topological polar surface area (TPSA) is 87.7 Å². The monoisotopic (exact) mass is 218 g/mol. The number of nitrogens with one attached hydrogen (secondary N) is 2. The summed E-state index contributed by atoms with van der Waals surface area (Å²) >= 11 is 0. The SMILES string of the molecule is COCCC(C)NC(=O)NCCC(=O)O. The van der Waals surface area contributed by atoms with Crippen molar-refractivity contribution in [3.8, 4) is 0 Å². The van der Waals surface area contributed by atoms with E-state index in [-0.39, 0.29) is 25.0 Å². The zero-order valence-corrected chi connectivity index (χ0v) is 9.08. The molecular formula is C9H18N2O4. The normalized spacial score (nSPS) is 11.9. The summed E-state index contributed by atoms with van der Waals surface area (Å²) in [4.78, 5) is 21.3. The Balaban J connectivity index is 3.50. The van der Waals surface area contributed by atoms with Gasteiger partial charge in [-0.05, 0) is 13.3 Å². The van der Waals surface area contributed by atoms with Gasteiger partial charge in [0.1, 0.15) is 0 Å². The first-order valence-corrected chi connectivity index (χ1v) is 4.81. The standard InChI is InChI=1S/C9H18N2O4/c1-7(4-6-15-2)11-9(14)10-5-3-8(12)13/h7H,3-6H2,1-2H3,(H,12,13)(H2,10,11,14). The molecule has 15 heavy (non-hydrogen) atoms. The molecule has 0 aromatic heterocycles. The van der Waals surface area contributed by atoms with Gasteiger partial charge in [0.25, 0.3) is 0 Å². The number of hydrogen-bond acceptors (Lipinski definition) is 3. The lowest BCUT2D eigenvalue weighted by molar-refractivity contribution is -0.136. The number of amides is 2. The van der Waals surface area contributed by atoms with E-state index in [4.69, 9.17) is 9.84 Å². The second-order valence-corrected chi connectivity index (χ2v) is 3.23. The van der Waals surface area contributed by atoms with Crippen LogP contribution in [-0.2, 0) is 9.53 Å². The molecule has 6 nitrogen and oxygen atoms in total. The summed E-state index contributed by atoms with van der Waals surface area (Å²) in [5.41, 5.74) is 0. The Bertz CT molecular complexity index is 208. The van der Waals surface area contributed by atoms with Gasteiger partial charge in [-0.15, -0.1) is 0 Å². The number of carbonyl (C=O) groups excluding carboxylic acids is 1. The van der Waals surface area contributed by atoms with Gasteiger partial charge in [-0.25, -0.2) is 4.79 Å². The number of hydrogen-bond donors (Lipinski definition) is 3. The fourth-order valence-corrected chi connectivity index (χ4v) is 0.925. The Morgan fingerprint density at radius 2 is 2.13 bits per heavy atom. The lowest BCUT2D eigenvalue weighted by atomic mass is 10.2. The Labute approximate surface area is 89.0 Å². The Hall–Kier alpha value is -1.30. The van der Waals surface area contributed by atoms with Crippen LogP contribution < -0.4 is 10.6 Å². The van der Waals surface area contributed by atoms with Crippen LogP contribution in [0.25, 0.3) is 0 Å². The molecule has 0 bridgehead atoms. The van der Waals surface area contributed by atoms with Gasteiger partial charge < -0.3 is 20.5 Å². The molecule has 6 heteroatoms. The minimum Gasteiger partial charge on any atom is -0.481 e. The summed E-state index contributed by atoms with van der Waals surface area (Å²) in [6, 6.07) is -0.338. The minimum atomic E-state index is -0.928. The van der Waals surface area contributed by atoms with Crippen molar-refractivity contribution in [3.63, 3.8) is 0 Å². The summed E-state index contributed by atoms with van der Waals surface area (Å²) in [6.07, 6.45) is 0.655. The lowest BCUT2D eigenvalue weighted by Gasteiger charge is -2.13. The molecular weight excluding hydrogens is 200 g/mol. The zero-order chi connectivity index (χ0) is 11.7. The predicted molar refractivity (Wildman–Crippen MR) is 54.7 cm³/mol. The number of methoxy groups -OCH3 is 1. The number of carboxylic acids is 1. The van der Waals surface area contributed by atoms with Crippen molar-refractivity contribution in [2.75, 3.05) is 20.3 Å². The molecule has 3 N–H and O–H groups in total. The van der Waals surface area contributed by atoms with E-state index in [2.05, 4.69) is 10.6 Å². The van der Waals surface area contributed by atoms with Gasteiger partial charge in [0.05, 0.1) is 6.42 Å². The maximum Gasteiger partial charge on any atom is 0.315 e. The van der Waals surface area contributed by atoms with Gasteiger partial charge in [0.15, 0.2) is 0 Å². The number of rotatable bonds is 7. The van der Waals surface area contributed by atoms with E-state index < -0.39 is 5.97 Å². The van der Waals surface area contributed by atoms with E-state index in [0.29, 0.717) is 6.61 Å². The second kappa shape index (κ2) is 8.05. The average molecular weight is 218 g/mol. The van der Waals surface area contributed by atoms with Gasteiger partial charge in [-0.2, -0.15) is 0 Å². The second-order valence-electron chi connectivity index (χ2n) is 3.23. The summed E-state index contributed by atoms with van der Waals surface area (Å²) in [7, 11) is 1.60. The van der Waals surface area contributed by atoms with E-state index in [0.717, 1.165) is 6.42 Å². The third-order valence-electron chi connectivity index (χ3n) is 1.76. The highest BCUT2D eigenvalue weighted by Gasteiger charge is 2.06. The summed E-state index contributed by atoms with van der Waals surface area (Å²) in [5.74, 6) is -0.928. The lowest BCUT2D eigenvalue weighted by Crippen LogP contribution is -2.41. The van der Waals surface area contributed by atoms with Gasteiger partial charge in [0.2, 0.25) is 0 Å². The van der Waals surface area contributed by atoms with E-state index in [1.54, 1.807) is 7.11 Å². The van der Waals surface area contributed by atoms with Crippen LogP contribution in [0.5, 0.6) is 0 Å². The fourth-order valence-electron chi connectivity index (χ4n) is 0.925. The Kier molecular flexibility index (Phi) is 7.35. The first-order chi connectivity index (χ1) is 7.06. The summed E-state index contributed by atoms with van der Waals surface area (Å²) < 4.78 is 4.86. The molecule has 0 aliphatic heterocycles. The molecule has 0 aliphatic carbocycles. The van der Waals surface area contributed by atoms with Crippen LogP contribution in [0, 0.1) is 0 Å². The molecule has 1 atom stereocenters. The van der Waals surface area contributed by atoms with Crippen molar-refractivity contribution in [1.82, 2.24) is 10.6 Å². The van der Waals surface area contributed by atoms with E-state index in [1.165, 1.54) is 0 Å². The van der Waals surface area contributed by atoms with Crippen LogP contribution in [0.2, 0.25) is 0 Å². The largest absolute Gasteiger partial charge is 0.481 e. The smallest absolute Gasteiger partial charge is 0.315 e. The van der Waals surface area contributed by atoms with Crippen LogP contribution in [0.4, 0.5) is 4.79 Å². The van der Waals surface area contributed by atoms with Crippen molar-refractivity contribution >= 4 is 12.0 Å². The number of carbonyl (C=O) groups is 2. The number of carboxylic acid groups (broad SMARTS) is 1. The molecule has 1 unspecified atom stereocenters. The van der Waals surface area contributed by atoms with Crippen LogP contribution in [-0.4, -0.2) is 43.4 Å². The molecule has 0 aliphatic rings. The van der Waals surface area contributed by atoms with Gasteiger partial charge in [0, 0.05) is 26.3 Å². The molecule has 88 valence electrons. The van der Waals surface area contributed by atoms with Crippen molar-refractivity contribution in [2.45, 2.75) is 25.8 Å². The van der Waals surface area contributed by atoms with Crippen molar-refractivity contribution in [2.24, 2.45) is 0 Å². The first kappa shape index (κ1) is 13.7. The predicted octanol–water partition coefficient (Wildman–Crippen LogP) is 0.185. The van der Waals surface area contributed by atoms with Crippen molar-refractivity contribution in [3.05, 3.63) is 0 Å². The van der Waals surface area contributed by atoms with Gasteiger partial charge >= 0.3 is 12.0 Å². The Morgan fingerprint density at radius 1 is 1.47 bits per heavy atom. The molecule has 0 saturated heterocycles. The molecule has 2 amide bonds. The Morgan fingerprint density at radius 3 is 2.67 bits per heavy atom. The number of ether oxygens (including phenoxy) is 1. The van der Waals surface area contributed by atoms with Crippen LogP contribution in [0.1, 0.15) is 19.8 Å². The maximum atomic E-state index is 11.1. The minimum absolute atomic E-state index is 0.00905. The number of urea groups is 1.